The van der Waals surface area contributed by atoms with E-state index in [1.54, 1.807) is 11.8 Å². The van der Waals surface area contributed by atoms with Crippen molar-refractivity contribution < 1.29 is 9.15 Å². The van der Waals surface area contributed by atoms with Gasteiger partial charge in [0, 0.05) is 27.6 Å². The van der Waals surface area contributed by atoms with Gasteiger partial charge in [-0.15, -0.1) is 10.2 Å². The average Bonchev–Trinajstić information content (AvgIpc) is 3.24. The maximum Gasteiger partial charge on any atom is 0.247 e. The predicted octanol–water partition coefficient (Wildman–Crippen LogP) is 6.85. The van der Waals surface area contributed by atoms with Crippen LogP contribution in [0.15, 0.2) is 70.2 Å². The summed E-state index contributed by atoms with van der Waals surface area (Å²) in [5.41, 5.74) is 3.32. The number of anilines is 1. The van der Waals surface area contributed by atoms with Crippen molar-refractivity contribution in [3.63, 3.8) is 0 Å². The number of hydrogen-bond donors (Lipinski definition) is 1. The molecular weight excluding hydrogens is 444 g/mol. The van der Waals surface area contributed by atoms with Crippen LogP contribution in [-0.4, -0.2) is 20.9 Å². The van der Waals surface area contributed by atoms with Gasteiger partial charge in [0.15, 0.2) is 11.5 Å². The van der Waals surface area contributed by atoms with E-state index >= 15 is 0 Å². The number of benzene rings is 2. The third-order valence-corrected chi connectivity index (χ3v) is 6.25. The first-order valence-electron chi connectivity index (χ1n) is 10.5. The molecule has 0 aliphatic carbocycles. The molecule has 2 aromatic carbocycles. The standard InChI is InChI=1S/C24H21ClN4O2S/c1-2-3-14-32-24-27-23-21(28-29-24)17-6-4-5-7-18(17)26-22(31-23)20-13-12-19(30-20)15-8-10-16(25)11-9-15/h4-13,22,26H,2-3,14H2,1H3. The molecule has 1 aliphatic heterocycles. The van der Waals surface area contributed by atoms with Gasteiger partial charge in [-0.1, -0.05) is 54.9 Å². The summed E-state index contributed by atoms with van der Waals surface area (Å²) < 4.78 is 12.4. The molecule has 0 spiro atoms. The highest BCUT2D eigenvalue weighted by molar-refractivity contribution is 7.99. The Labute approximate surface area is 195 Å². The van der Waals surface area contributed by atoms with Gasteiger partial charge in [-0.3, -0.25) is 0 Å². The minimum atomic E-state index is -0.566. The summed E-state index contributed by atoms with van der Waals surface area (Å²) in [6.07, 6.45) is 1.65. The van der Waals surface area contributed by atoms with Crippen molar-refractivity contribution in [1.82, 2.24) is 15.2 Å². The van der Waals surface area contributed by atoms with Crippen LogP contribution in [0.25, 0.3) is 22.6 Å². The van der Waals surface area contributed by atoms with Gasteiger partial charge in [0.25, 0.3) is 0 Å². The van der Waals surface area contributed by atoms with Crippen molar-refractivity contribution in [2.24, 2.45) is 0 Å². The van der Waals surface area contributed by atoms with E-state index in [4.69, 9.17) is 20.8 Å². The minimum Gasteiger partial charge on any atom is -0.455 e. The molecule has 0 radical (unpaired) electrons. The second kappa shape index (κ2) is 9.22. The number of halogens is 1. The van der Waals surface area contributed by atoms with Crippen molar-refractivity contribution in [2.45, 2.75) is 31.1 Å². The fraction of sp³-hybridized carbons (Fsp3) is 0.208. The highest BCUT2D eigenvalue weighted by atomic mass is 35.5. The predicted molar refractivity (Wildman–Crippen MR) is 127 cm³/mol. The van der Waals surface area contributed by atoms with E-state index in [1.165, 1.54) is 0 Å². The third-order valence-electron chi connectivity index (χ3n) is 5.08. The highest BCUT2D eigenvalue weighted by Gasteiger charge is 2.28. The summed E-state index contributed by atoms with van der Waals surface area (Å²) in [5, 5.41) is 13.5. The van der Waals surface area contributed by atoms with Crippen LogP contribution >= 0.6 is 23.4 Å². The first kappa shape index (κ1) is 20.8. The molecule has 162 valence electrons. The topological polar surface area (TPSA) is 73.1 Å². The zero-order valence-electron chi connectivity index (χ0n) is 17.4. The van der Waals surface area contributed by atoms with Crippen molar-refractivity contribution >= 4 is 29.1 Å². The summed E-state index contributed by atoms with van der Waals surface area (Å²) in [4.78, 5) is 4.67. The summed E-state index contributed by atoms with van der Waals surface area (Å²) in [7, 11) is 0. The lowest BCUT2D eigenvalue weighted by atomic mass is 10.1. The van der Waals surface area contributed by atoms with Gasteiger partial charge < -0.3 is 14.5 Å². The number of hydrogen-bond acceptors (Lipinski definition) is 7. The molecule has 32 heavy (non-hydrogen) atoms. The van der Waals surface area contributed by atoms with Gasteiger partial charge in [0.05, 0.1) is 0 Å². The van der Waals surface area contributed by atoms with E-state index < -0.39 is 6.23 Å². The van der Waals surface area contributed by atoms with E-state index in [9.17, 15) is 0 Å². The number of aromatic nitrogens is 3. The Morgan fingerprint density at radius 3 is 2.72 bits per heavy atom. The molecule has 3 heterocycles. The van der Waals surface area contributed by atoms with E-state index in [-0.39, 0.29) is 0 Å². The molecule has 1 atom stereocenters. The molecule has 1 aliphatic rings. The van der Waals surface area contributed by atoms with Crippen LogP contribution in [0.2, 0.25) is 5.02 Å². The van der Waals surface area contributed by atoms with Gasteiger partial charge >= 0.3 is 0 Å². The summed E-state index contributed by atoms with van der Waals surface area (Å²) in [6, 6.07) is 19.2. The number of furan rings is 1. The quantitative estimate of drug-likeness (QED) is 0.247. The summed E-state index contributed by atoms with van der Waals surface area (Å²) in [6.45, 7) is 2.16. The van der Waals surface area contributed by atoms with Crippen LogP contribution in [-0.2, 0) is 0 Å². The van der Waals surface area contributed by atoms with E-state index in [0.717, 1.165) is 41.2 Å². The zero-order valence-corrected chi connectivity index (χ0v) is 19.0. The molecular formula is C24H21ClN4O2S. The Hall–Kier alpha value is -3.03. The molecule has 0 amide bonds. The Morgan fingerprint density at radius 1 is 1.03 bits per heavy atom. The van der Waals surface area contributed by atoms with Gasteiger partial charge in [-0.25, -0.2) is 0 Å². The van der Waals surface area contributed by atoms with Crippen LogP contribution in [0, 0.1) is 0 Å². The normalized spacial score (nSPS) is 14.6. The minimum absolute atomic E-state index is 0.436. The molecule has 6 nitrogen and oxygen atoms in total. The molecule has 4 aromatic rings. The molecule has 0 saturated heterocycles. The highest BCUT2D eigenvalue weighted by Crippen LogP contribution is 2.40. The number of nitrogens with one attached hydrogen (secondary N) is 1. The fourth-order valence-electron chi connectivity index (χ4n) is 3.41. The van der Waals surface area contributed by atoms with E-state index in [1.807, 2.05) is 60.7 Å². The molecule has 0 fully saturated rings. The van der Waals surface area contributed by atoms with Gasteiger partial charge in [-0.2, -0.15) is 4.98 Å². The number of rotatable bonds is 6. The number of ether oxygens (including phenoxy) is 1. The Kier molecular flexibility index (Phi) is 6.01. The van der Waals surface area contributed by atoms with E-state index in [0.29, 0.717) is 27.5 Å². The molecule has 8 heteroatoms. The SMILES string of the molecule is CCCCSc1nnc2c(n1)OC(c1ccc(-c3ccc(Cl)cc3)o1)Nc1ccccc1-2. The fourth-order valence-corrected chi connectivity index (χ4v) is 4.40. The summed E-state index contributed by atoms with van der Waals surface area (Å²) >= 11 is 7.60. The van der Waals surface area contributed by atoms with Crippen LogP contribution in [0.5, 0.6) is 5.88 Å². The largest absolute Gasteiger partial charge is 0.455 e. The van der Waals surface area contributed by atoms with Gasteiger partial charge in [0.1, 0.15) is 5.76 Å². The van der Waals surface area contributed by atoms with Gasteiger partial charge in [-0.05, 0) is 48.9 Å². The van der Waals surface area contributed by atoms with Crippen molar-refractivity contribution in [3.8, 4) is 28.5 Å². The van der Waals surface area contributed by atoms with Crippen molar-refractivity contribution in [2.75, 3.05) is 11.1 Å². The Morgan fingerprint density at radius 2 is 1.88 bits per heavy atom. The van der Waals surface area contributed by atoms with E-state index in [2.05, 4.69) is 27.4 Å². The smallest absolute Gasteiger partial charge is 0.247 e. The third kappa shape index (κ3) is 4.31. The molecule has 2 aromatic heterocycles. The monoisotopic (exact) mass is 464 g/mol. The van der Waals surface area contributed by atoms with Crippen molar-refractivity contribution in [3.05, 3.63) is 71.4 Å². The number of para-hydroxylation sites is 1. The Balaban J connectivity index is 1.49. The lowest BCUT2D eigenvalue weighted by Gasteiger charge is -2.16. The Bertz CT molecular complexity index is 1230. The number of unbranched alkanes of at least 4 members (excludes halogenated alkanes) is 1. The second-order valence-corrected chi connectivity index (χ2v) is 8.85. The molecule has 1 N–H and O–H groups in total. The molecule has 0 saturated carbocycles. The lowest BCUT2D eigenvalue weighted by Crippen LogP contribution is -2.16. The first-order chi connectivity index (χ1) is 15.7. The first-order valence-corrected chi connectivity index (χ1v) is 11.8. The number of nitrogens with zero attached hydrogens (tertiary/aromatic N) is 3. The van der Waals surface area contributed by atoms with Crippen LogP contribution in [0.3, 0.4) is 0 Å². The maximum atomic E-state index is 6.29. The number of thioether (sulfide) groups is 1. The van der Waals surface area contributed by atoms with Crippen LogP contribution in [0.4, 0.5) is 5.69 Å². The van der Waals surface area contributed by atoms with Gasteiger partial charge in [0.2, 0.25) is 17.3 Å². The number of fused-ring (bicyclic) bond motifs is 3. The van der Waals surface area contributed by atoms with Crippen molar-refractivity contribution in [1.29, 1.82) is 0 Å². The average molecular weight is 465 g/mol. The summed E-state index contributed by atoms with van der Waals surface area (Å²) in [5.74, 6) is 2.75. The second-order valence-electron chi connectivity index (χ2n) is 7.35. The molecule has 0 bridgehead atoms. The van der Waals surface area contributed by atoms with Crippen LogP contribution < -0.4 is 10.1 Å². The van der Waals surface area contributed by atoms with Crippen LogP contribution in [0.1, 0.15) is 31.8 Å². The molecule has 5 rings (SSSR count). The molecule has 1 unspecified atom stereocenters. The lowest BCUT2D eigenvalue weighted by molar-refractivity contribution is 0.196. The zero-order chi connectivity index (χ0) is 21.9. The maximum absolute atomic E-state index is 6.29.